The third kappa shape index (κ3) is 2.10. The molecule has 96 valence electrons. The van der Waals surface area contributed by atoms with Crippen molar-refractivity contribution >= 4 is 22.9 Å². The lowest BCUT2D eigenvalue weighted by molar-refractivity contribution is 0.751. The highest BCUT2D eigenvalue weighted by Crippen LogP contribution is 2.25. The van der Waals surface area contributed by atoms with E-state index in [1.54, 1.807) is 6.33 Å². The van der Waals surface area contributed by atoms with Gasteiger partial charge in [0, 0.05) is 12.6 Å². The van der Waals surface area contributed by atoms with Crippen molar-refractivity contribution in [2.45, 2.75) is 38.6 Å². The molecule has 1 fully saturated rings. The minimum Gasteiger partial charge on any atom is -0.365 e. The average molecular weight is 246 g/mol. The predicted molar refractivity (Wildman–Crippen MR) is 71.7 cm³/mol. The number of hydrogen-bond donors (Lipinski definition) is 3. The Kier molecular flexibility index (Phi) is 3.00. The Labute approximate surface area is 106 Å². The molecule has 6 nitrogen and oxygen atoms in total. The van der Waals surface area contributed by atoms with Gasteiger partial charge in [0.2, 0.25) is 5.95 Å². The standard InChI is InChI=1S/C12H18N6/c1-2-13-12-17-10-9(14-7-15-10)11(18-12)16-8-5-3-4-6-8/h7-8H,2-6H2,1H3,(H3,13,14,15,16,17,18). The molecule has 0 atom stereocenters. The zero-order valence-electron chi connectivity index (χ0n) is 10.5. The molecule has 0 spiro atoms. The summed E-state index contributed by atoms with van der Waals surface area (Å²) in [5.41, 5.74) is 1.60. The first-order valence-electron chi connectivity index (χ1n) is 6.58. The summed E-state index contributed by atoms with van der Waals surface area (Å²) in [4.78, 5) is 16.2. The van der Waals surface area contributed by atoms with Crippen LogP contribution in [0.25, 0.3) is 11.2 Å². The van der Waals surface area contributed by atoms with Crippen molar-refractivity contribution in [2.75, 3.05) is 17.2 Å². The fraction of sp³-hybridized carbons (Fsp3) is 0.583. The maximum absolute atomic E-state index is 4.52. The van der Waals surface area contributed by atoms with Gasteiger partial charge >= 0.3 is 0 Å². The molecule has 0 saturated heterocycles. The van der Waals surface area contributed by atoms with E-state index in [4.69, 9.17) is 0 Å². The van der Waals surface area contributed by atoms with Crippen LogP contribution in [0.4, 0.5) is 11.8 Å². The van der Waals surface area contributed by atoms with Crippen LogP contribution in [0.3, 0.4) is 0 Å². The van der Waals surface area contributed by atoms with Crippen molar-refractivity contribution in [3.05, 3.63) is 6.33 Å². The number of anilines is 2. The molecule has 3 rings (SSSR count). The minimum absolute atomic E-state index is 0.529. The summed E-state index contributed by atoms with van der Waals surface area (Å²) in [7, 11) is 0. The molecule has 0 aromatic carbocycles. The number of rotatable bonds is 4. The zero-order valence-corrected chi connectivity index (χ0v) is 10.5. The van der Waals surface area contributed by atoms with Crippen LogP contribution in [0.15, 0.2) is 6.33 Å². The second-order valence-corrected chi connectivity index (χ2v) is 4.65. The van der Waals surface area contributed by atoms with E-state index < -0.39 is 0 Å². The molecule has 2 aromatic rings. The molecule has 2 heterocycles. The third-order valence-corrected chi connectivity index (χ3v) is 3.32. The van der Waals surface area contributed by atoms with Crippen LogP contribution in [0.1, 0.15) is 32.6 Å². The summed E-state index contributed by atoms with van der Waals surface area (Å²) in [6.45, 7) is 2.83. The van der Waals surface area contributed by atoms with E-state index in [9.17, 15) is 0 Å². The lowest BCUT2D eigenvalue weighted by atomic mass is 10.2. The number of aromatic amines is 1. The van der Waals surface area contributed by atoms with Gasteiger partial charge in [-0.25, -0.2) is 4.98 Å². The molecule has 0 radical (unpaired) electrons. The molecule has 0 unspecified atom stereocenters. The van der Waals surface area contributed by atoms with Crippen LogP contribution in [-0.2, 0) is 0 Å². The summed E-state index contributed by atoms with van der Waals surface area (Å²) in [6, 6.07) is 0.529. The lowest BCUT2D eigenvalue weighted by Crippen LogP contribution is -2.17. The van der Waals surface area contributed by atoms with Crippen molar-refractivity contribution in [1.82, 2.24) is 19.9 Å². The van der Waals surface area contributed by atoms with Gasteiger partial charge in [-0.1, -0.05) is 12.8 Å². The highest BCUT2D eigenvalue weighted by molar-refractivity contribution is 5.83. The second-order valence-electron chi connectivity index (χ2n) is 4.65. The Morgan fingerprint density at radius 3 is 2.94 bits per heavy atom. The summed E-state index contributed by atoms with van der Waals surface area (Å²) in [5, 5.41) is 6.65. The van der Waals surface area contributed by atoms with Gasteiger partial charge in [-0.15, -0.1) is 0 Å². The van der Waals surface area contributed by atoms with E-state index in [0.29, 0.717) is 17.6 Å². The largest absolute Gasteiger partial charge is 0.365 e. The maximum atomic E-state index is 4.52. The Morgan fingerprint density at radius 1 is 1.33 bits per heavy atom. The molecule has 3 N–H and O–H groups in total. The monoisotopic (exact) mass is 246 g/mol. The van der Waals surface area contributed by atoms with E-state index in [1.165, 1.54) is 25.7 Å². The molecular formula is C12H18N6. The Morgan fingerprint density at radius 2 is 2.17 bits per heavy atom. The summed E-state index contributed by atoms with van der Waals surface area (Å²) < 4.78 is 0. The van der Waals surface area contributed by atoms with Crippen LogP contribution in [0.2, 0.25) is 0 Å². The van der Waals surface area contributed by atoms with Crippen LogP contribution in [0, 0.1) is 0 Å². The first kappa shape index (κ1) is 11.3. The maximum Gasteiger partial charge on any atom is 0.226 e. The van der Waals surface area contributed by atoms with Gasteiger partial charge in [-0.05, 0) is 19.8 Å². The molecule has 18 heavy (non-hydrogen) atoms. The van der Waals surface area contributed by atoms with E-state index in [-0.39, 0.29) is 0 Å². The Balaban J connectivity index is 1.93. The van der Waals surface area contributed by atoms with Crippen molar-refractivity contribution < 1.29 is 0 Å². The number of hydrogen-bond acceptors (Lipinski definition) is 5. The van der Waals surface area contributed by atoms with Gasteiger partial charge in [0.15, 0.2) is 11.5 Å². The molecule has 1 aliphatic carbocycles. The van der Waals surface area contributed by atoms with Crippen molar-refractivity contribution in [2.24, 2.45) is 0 Å². The molecule has 0 amide bonds. The van der Waals surface area contributed by atoms with E-state index >= 15 is 0 Å². The average Bonchev–Trinajstić information content (AvgIpc) is 2.99. The fourth-order valence-corrected chi connectivity index (χ4v) is 2.44. The number of imidazole rings is 1. The molecule has 0 aliphatic heterocycles. The second kappa shape index (κ2) is 4.80. The first-order chi connectivity index (χ1) is 8.86. The highest BCUT2D eigenvalue weighted by Gasteiger charge is 2.17. The number of H-pyrrole nitrogens is 1. The van der Waals surface area contributed by atoms with Crippen LogP contribution in [0.5, 0.6) is 0 Å². The number of nitrogens with zero attached hydrogens (tertiary/aromatic N) is 3. The normalized spacial score (nSPS) is 16.3. The molecular weight excluding hydrogens is 228 g/mol. The smallest absolute Gasteiger partial charge is 0.226 e. The highest BCUT2D eigenvalue weighted by atomic mass is 15.2. The molecule has 6 heteroatoms. The van der Waals surface area contributed by atoms with Gasteiger partial charge in [-0.2, -0.15) is 9.97 Å². The molecule has 1 aliphatic rings. The summed E-state index contributed by atoms with van der Waals surface area (Å²) in [5.74, 6) is 1.50. The summed E-state index contributed by atoms with van der Waals surface area (Å²) >= 11 is 0. The van der Waals surface area contributed by atoms with E-state index in [0.717, 1.165) is 17.9 Å². The third-order valence-electron chi connectivity index (χ3n) is 3.32. The van der Waals surface area contributed by atoms with Crippen LogP contribution >= 0.6 is 0 Å². The van der Waals surface area contributed by atoms with Gasteiger partial charge < -0.3 is 15.6 Å². The van der Waals surface area contributed by atoms with Gasteiger partial charge in [0.05, 0.1) is 6.33 Å². The zero-order chi connectivity index (χ0) is 12.4. The number of fused-ring (bicyclic) bond motifs is 1. The predicted octanol–water partition coefficient (Wildman–Crippen LogP) is 2.14. The SMILES string of the molecule is CCNc1nc(NC2CCCC2)c2[nH]cnc2n1. The van der Waals surface area contributed by atoms with Crippen molar-refractivity contribution in [1.29, 1.82) is 0 Å². The molecule has 1 saturated carbocycles. The van der Waals surface area contributed by atoms with Gasteiger partial charge in [0.25, 0.3) is 0 Å². The van der Waals surface area contributed by atoms with E-state index in [1.807, 2.05) is 6.92 Å². The Bertz CT molecular complexity index is 528. The van der Waals surface area contributed by atoms with Crippen molar-refractivity contribution in [3.63, 3.8) is 0 Å². The van der Waals surface area contributed by atoms with Gasteiger partial charge in [0.1, 0.15) is 5.52 Å². The van der Waals surface area contributed by atoms with Crippen molar-refractivity contribution in [3.8, 4) is 0 Å². The quantitative estimate of drug-likeness (QED) is 0.770. The minimum atomic E-state index is 0.529. The van der Waals surface area contributed by atoms with E-state index in [2.05, 4.69) is 30.6 Å². The Hall–Kier alpha value is -1.85. The lowest BCUT2D eigenvalue weighted by Gasteiger charge is -2.13. The van der Waals surface area contributed by atoms with Gasteiger partial charge in [-0.3, -0.25) is 0 Å². The molecule has 2 aromatic heterocycles. The number of aromatic nitrogens is 4. The fourth-order valence-electron chi connectivity index (χ4n) is 2.44. The summed E-state index contributed by atoms with van der Waals surface area (Å²) in [6.07, 6.45) is 6.70. The number of nitrogens with one attached hydrogen (secondary N) is 3. The van der Waals surface area contributed by atoms with Crippen LogP contribution in [-0.4, -0.2) is 32.5 Å². The van der Waals surface area contributed by atoms with Crippen LogP contribution < -0.4 is 10.6 Å². The first-order valence-corrected chi connectivity index (χ1v) is 6.58. The topological polar surface area (TPSA) is 78.5 Å². The molecule has 0 bridgehead atoms.